The molecule has 5 heteroatoms. The standard InChI is InChI=1S/C17H14BrNO3/c18-14-7-6-13-15-11(14)4-1-5-12(15)16(20)19(17(13)21)9-10-3-2-8-22-10/h1,4-7,10H,2-3,8-9H2. The summed E-state index contributed by atoms with van der Waals surface area (Å²) in [6.45, 7) is 1.05. The molecule has 2 aliphatic heterocycles. The largest absolute Gasteiger partial charge is 0.376 e. The normalized spacial score (nSPS) is 21.0. The van der Waals surface area contributed by atoms with E-state index in [9.17, 15) is 9.59 Å². The molecule has 0 N–H and O–H groups in total. The third-order valence-corrected chi connectivity index (χ3v) is 5.04. The second-order valence-corrected chi connectivity index (χ2v) is 6.53. The van der Waals surface area contributed by atoms with E-state index in [1.807, 2.05) is 18.2 Å². The lowest BCUT2D eigenvalue weighted by atomic mass is 9.94. The van der Waals surface area contributed by atoms with Gasteiger partial charge in [-0.2, -0.15) is 0 Å². The molecule has 0 spiro atoms. The van der Waals surface area contributed by atoms with Crippen molar-refractivity contribution in [2.75, 3.05) is 13.2 Å². The second-order valence-electron chi connectivity index (χ2n) is 5.68. The first-order chi connectivity index (χ1) is 10.7. The molecule has 2 heterocycles. The van der Waals surface area contributed by atoms with Crippen LogP contribution in [0.5, 0.6) is 0 Å². The van der Waals surface area contributed by atoms with Crippen LogP contribution in [0, 0.1) is 0 Å². The van der Waals surface area contributed by atoms with Gasteiger partial charge in [0.2, 0.25) is 0 Å². The quantitative estimate of drug-likeness (QED) is 0.772. The van der Waals surface area contributed by atoms with Gasteiger partial charge in [0.15, 0.2) is 0 Å². The van der Waals surface area contributed by atoms with Gasteiger partial charge in [0, 0.05) is 27.6 Å². The van der Waals surface area contributed by atoms with E-state index in [1.165, 1.54) is 4.90 Å². The number of nitrogens with zero attached hydrogens (tertiary/aromatic N) is 1. The molecule has 1 unspecified atom stereocenters. The first-order valence-corrected chi connectivity index (χ1v) is 8.15. The highest BCUT2D eigenvalue weighted by Crippen LogP contribution is 2.34. The number of ether oxygens (including phenoxy) is 1. The third kappa shape index (κ3) is 2.00. The smallest absolute Gasteiger partial charge is 0.261 e. The number of carbonyl (C=O) groups is 2. The van der Waals surface area contributed by atoms with Crippen molar-refractivity contribution in [3.05, 3.63) is 45.9 Å². The molecule has 1 atom stereocenters. The van der Waals surface area contributed by atoms with Crippen molar-refractivity contribution in [1.29, 1.82) is 0 Å². The predicted molar refractivity (Wildman–Crippen MR) is 86.0 cm³/mol. The molecular weight excluding hydrogens is 346 g/mol. The Morgan fingerprint density at radius 3 is 2.64 bits per heavy atom. The number of benzene rings is 2. The van der Waals surface area contributed by atoms with Crippen molar-refractivity contribution in [2.45, 2.75) is 18.9 Å². The number of amides is 2. The minimum atomic E-state index is -0.225. The van der Waals surface area contributed by atoms with E-state index in [2.05, 4.69) is 15.9 Å². The van der Waals surface area contributed by atoms with E-state index >= 15 is 0 Å². The molecule has 0 radical (unpaired) electrons. The minimum Gasteiger partial charge on any atom is -0.376 e. The summed E-state index contributed by atoms with van der Waals surface area (Å²) in [6, 6.07) is 9.20. The molecule has 2 aliphatic rings. The maximum atomic E-state index is 12.7. The molecule has 2 aromatic carbocycles. The Hall–Kier alpha value is -1.72. The van der Waals surface area contributed by atoms with Gasteiger partial charge in [0.1, 0.15) is 0 Å². The molecule has 112 valence electrons. The van der Waals surface area contributed by atoms with Crippen LogP contribution in [0.25, 0.3) is 10.8 Å². The maximum absolute atomic E-state index is 12.7. The molecule has 0 aliphatic carbocycles. The molecule has 1 saturated heterocycles. The van der Waals surface area contributed by atoms with Gasteiger partial charge in [-0.25, -0.2) is 0 Å². The lowest BCUT2D eigenvalue weighted by Crippen LogP contribution is -2.44. The van der Waals surface area contributed by atoms with Crippen LogP contribution in [0.1, 0.15) is 33.6 Å². The minimum absolute atomic E-state index is 0.0379. The Bertz CT molecular complexity index is 774. The zero-order valence-corrected chi connectivity index (χ0v) is 13.4. The molecule has 4 nitrogen and oxygen atoms in total. The molecule has 2 aromatic rings. The molecule has 0 aromatic heterocycles. The number of imide groups is 1. The van der Waals surface area contributed by atoms with Crippen LogP contribution in [0.15, 0.2) is 34.8 Å². The van der Waals surface area contributed by atoms with Gasteiger partial charge < -0.3 is 4.74 Å². The van der Waals surface area contributed by atoms with E-state index in [0.717, 1.165) is 28.1 Å². The summed E-state index contributed by atoms with van der Waals surface area (Å²) in [4.78, 5) is 26.8. The highest BCUT2D eigenvalue weighted by atomic mass is 79.9. The molecular formula is C17H14BrNO3. The van der Waals surface area contributed by atoms with Gasteiger partial charge in [-0.15, -0.1) is 0 Å². The lowest BCUT2D eigenvalue weighted by Gasteiger charge is -2.29. The molecule has 2 amide bonds. The van der Waals surface area contributed by atoms with Crippen molar-refractivity contribution in [2.24, 2.45) is 0 Å². The Morgan fingerprint density at radius 2 is 1.91 bits per heavy atom. The zero-order valence-electron chi connectivity index (χ0n) is 11.8. The van der Waals surface area contributed by atoms with Gasteiger partial charge in [-0.3, -0.25) is 14.5 Å². The summed E-state index contributed by atoms with van der Waals surface area (Å²) < 4.78 is 6.47. The summed E-state index contributed by atoms with van der Waals surface area (Å²) in [5.74, 6) is -0.451. The zero-order chi connectivity index (χ0) is 15.3. The van der Waals surface area contributed by atoms with E-state index in [-0.39, 0.29) is 17.9 Å². The fourth-order valence-corrected chi connectivity index (χ4v) is 3.73. The van der Waals surface area contributed by atoms with Crippen LogP contribution in [-0.2, 0) is 4.74 Å². The van der Waals surface area contributed by atoms with E-state index in [4.69, 9.17) is 4.74 Å². The summed E-state index contributed by atoms with van der Waals surface area (Å²) in [6.07, 6.45) is 1.85. The first kappa shape index (κ1) is 13.9. The number of hydrogen-bond donors (Lipinski definition) is 0. The summed E-state index contributed by atoms with van der Waals surface area (Å²) >= 11 is 3.49. The monoisotopic (exact) mass is 359 g/mol. The van der Waals surface area contributed by atoms with Gasteiger partial charge in [-0.1, -0.05) is 28.1 Å². The third-order valence-electron chi connectivity index (χ3n) is 4.35. The second kappa shape index (κ2) is 5.18. The lowest BCUT2D eigenvalue weighted by molar-refractivity contribution is 0.0437. The van der Waals surface area contributed by atoms with Crippen LogP contribution < -0.4 is 0 Å². The molecule has 22 heavy (non-hydrogen) atoms. The van der Waals surface area contributed by atoms with Gasteiger partial charge in [-0.05, 0) is 36.4 Å². The van der Waals surface area contributed by atoms with Gasteiger partial charge >= 0.3 is 0 Å². The van der Waals surface area contributed by atoms with Crippen molar-refractivity contribution < 1.29 is 14.3 Å². The van der Waals surface area contributed by atoms with Crippen LogP contribution >= 0.6 is 15.9 Å². The Morgan fingerprint density at radius 1 is 1.14 bits per heavy atom. The number of halogens is 1. The van der Waals surface area contributed by atoms with Crippen molar-refractivity contribution in [1.82, 2.24) is 4.90 Å². The highest BCUT2D eigenvalue weighted by molar-refractivity contribution is 9.10. The van der Waals surface area contributed by atoms with Crippen LogP contribution in [0.3, 0.4) is 0 Å². The maximum Gasteiger partial charge on any atom is 0.261 e. The fourth-order valence-electron chi connectivity index (χ4n) is 3.27. The summed E-state index contributed by atoms with van der Waals surface area (Å²) in [5.41, 5.74) is 1.18. The van der Waals surface area contributed by atoms with Gasteiger partial charge in [0.25, 0.3) is 11.8 Å². The highest BCUT2D eigenvalue weighted by Gasteiger charge is 2.35. The van der Waals surface area contributed by atoms with E-state index < -0.39 is 0 Å². The SMILES string of the molecule is O=C1c2cccc3c(Br)ccc(c23)C(=O)N1CC1CCCO1. The number of carbonyl (C=O) groups excluding carboxylic acids is 2. The average Bonchev–Trinajstić information content (AvgIpc) is 3.03. The van der Waals surface area contributed by atoms with Crippen LogP contribution in [0.4, 0.5) is 0 Å². The van der Waals surface area contributed by atoms with Crippen molar-refractivity contribution in [3.63, 3.8) is 0 Å². The van der Waals surface area contributed by atoms with Crippen molar-refractivity contribution in [3.8, 4) is 0 Å². The van der Waals surface area contributed by atoms with Crippen LogP contribution in [0.2, 0.25) is 0 Å². The van der Waals surface area contributed by atoms with E-state index in [1.54, 1.807) is 12.1 Å². The molecule has 1 fully saturated rings. The molecule has 0 saturated carbocycles. The Kier molecular flexibility index (Phi) is 3.27. The summed E-state index contributed by atoms with van der Waals surface area (Å²) in [7, 11) is 0. The Balaban J connectivity index is 1.83. The fraction of sp³-hybridized carbons (Fsp3) is 0.294. The predicted octanol–water partition coefficient (Wildman–Crippen LogP) is 3.38. The number of rotatable bonds is 2. The summed E-state index contributed by atoms with van der Waals surface area (Å²) in [5, 5.41) is 1.64. The average molecular weight is 360 g/mol. The Labute approximate surface area is 136 Å². The van der Waals surface area contributed by atoms with Crippen molar-refractivity contribution >= 4 is 38.5 Å². The van der Waals surface area contributed by atoms with Gasteiger partial charge in [0.05, 0.1) is 12.6 Å². The number of hydrogen-bond acceptors (Lipinski definition) is 3. The van der Waals surface area contributed by atoms with E-state index in [0.29, 0.717) is 24.3 Å². The molecule has 4 rings (SSSR count). The first-order valence-electron chi connectivity index (χ1n) is 7.36. The topological polar surface area (TPSA) is 46.6 Å². The van der Waals surface area contributed by atoms with Crippen LogP contribution in [-0.4, -0.2) is 36.0 Å². The molecule has 0 bridgehead atoms.